The maximum Gasteiger partial charge on any atom is 0.308 e. The van der Waals surface area contributed by atoms with Gasteiger partial charge in [-0.2, -0.15) is 0 Å². The quantitative estimate of drug-likeness (QED) is 0.466. The minimum atomic E-state index is -0.862. The SMILES string of the molecule is C#C[C@]1(OC(C)=O)CC[C@H]2[C@@H]3C[C@H](O)c4cc(OC(C)=O)ccc4[C@H]3CC[C@@]21C. The van der Waals surface area contributed by atoms with Gasteiger partial charge in [-0.15, -0.1) is 6.42 Å². The highest BCUT2D eigenvalue weighted by Crippen LogP contribution is 2.66. The molecule has 154 valence electrons. The number of terminal acetylenes is 1. The van der Waals surface area contributed by atoms with Gasteiger partial charge in [0.1, 0.15) is 5.75 Å². The van der Waals surface area contributed by atoms with Gasteiger partial charge < -0.3 is 14.6 Å². The lowest BCUT2D eigenvalue weighted by molar-refractivity contribution is -0.166. The molecule has 1 aromatic carbocycles. The molecule has 3 aliphatic rings. The van der Waals surface area contributed by atoms with E-state index in [1.54, 1.807) is 6.07 Å². The van der Waals surface area contributed by atoms with E-state index in [4.69, 9.17) is 15.9 Å². The number of aliphatic hydroxyl groups excluding tert-OH is 1. The minimum Gasteiger partial charge on any atom is -0.445 e. The zero-order valence-corrected chi connectivity index (χ0v) is 17.2. The molecule has 3 aliphatic carbocycles. The van der Waals surface area contributed by atoms with E-state index in [-0.39, 0.29) is 29.2 Å². The number of hydrogen-bond donors (Lipinski definition) is 1. The fraction of sp³-hybridized carbons (Fsp3) is 0.583. The van der Waals surface area contributed by atoms with Crippen LogP contribution in [0.15, 0.2) is 18.2 Å². The Labute approximate surface area is 171 Å². The molecule has 0 radical (unpaired) electrons. The molecular formula is C24H28O5. The molecule has 6 atom stereocenters. The molecule has 1 aromatic rings. The molecule has 4 rings (SSSR count). The summed E-state index contributed by atoms with van der Waals surface area (Å²) < 4.78 is 11.0. The second-order valence-electron chi connectivity index (χ2n) is 9.07. The van der Waals surface area contributed by atoms with Crippen LogP contribution in [0.3, 0.4) is 0 Å². The Morgan fingerprint density at radius 3 is 2.59 bits per heavy atom. The van der Waals surface area contributed by atoms with Crippen molar-refractivity contribution < 1.29 is 24.2 Å². The first-order valence-electron chi connectivity index (χ1n) is 10.4. The summed E-state index contributed by atoms with van der Waals surface area (Å²) in [5, 5.41) is 10.9. The van der Waals surface area contributed by atoms with Gasteiger partial charge in [0, 0.05) is 19.3 Å². The Hall–Kier alpha value is -2.32. The van der Waals surface area contributed by atoms with E-state index in [1.165, 1.54) is 13.8 Å². The summed E-state index contributed by atoms with van der Waals surface area (Å²) >= 11 is 0. The van der Waals surface area contributed by atoms with E-state index >= 15 is 0 Å². The van der Waals surface area contributed by atoms with E-state index in [0.29, 0.717) is 24.5 Å². The third kappa shape index (κ3) is 2.97. The van der Waals surface area contributed by atoms with Gasteiger partial charge in [0.05, 0.1) is 6.10 Å². The number of ether oxygens (including phenoxy) is 2. The second kappa shape index (κ2) is 6.88. The molecule has 0 amide bonds. The molecule has 0 bridgehead atoms. The molecule has 29 heavy (non-hydrogen) atoms. The molecule has 0 aliphatic heterocycles. The molecule has 0 unspecified atom stereocenters. The summed E-state index contributed by atoms with van der Waals surface area (Å²) in [5.74, 6) is 3.50. The molecule has 0 saturated heterocycles. The zero-order chi connectivity index (χ0) is 21.0. The first kappa shape index (κ1) is 20.0. The first-order chi connectivity index (χ1) is 13.7. The van der Waals surface area contributed by atoms with Crippen molar-refractivity contribution in [3.05, 3.63) is 29.3 Å². The molecule has 0 spiro atoms. The lowest BCUT2D eigenvalue weighted by Crippen LogP contribution is -2.52. The number of hydrogen-bond acceptors (Lipinski definition) is 5. The Morgan fingerprint density at radius 1 is 1.17 bits per heavy atom. The number of carbonyl (C=O) groups is 2. The van der Waals surface area contributed by atoms with Crippen LogP contribution in [-0.4, -0.2) is 22.6 Å². The highest BCUT2D eigenvalue weighted by molar-refractivity contribution is 5.69. The number of carbonyl (C=O) groups excluding carboxylic acids is 2. The van der Waals surface area contributed by atoms with Gasteiger partial charge in [0.2, 0.25) is 0 Å². The van der Waals surface area contributed by atoms with E-state index in [1.807, 2.05) is 12.1 Å². The number of esters is 2. The zero-order valence-electron chi connectivity index (χ0n) is 17.2. The van der Waals surface area contributed by atoms with Crippen molar-refractivity contribution in [3.8, 4) is 18.1 Å². The van der Waals surface area contributed by atoms with Gasteiger partial charge in [-0.05, 0) is 73.1 Å². The number of aliphatic hydroxyl groups is 1. The van der Waals surface area contributed by atoms with Gasteiger partial charge in [0.15, 0.2) is 5.60 Å². The number of fused-ring (bicyclic) bond motifs is 5. The second-order valence-corrected chi connectivity index (χ2v) is 9.07. The van der Waals surface area contributed by atoms with Crippen molar-refractivity contribution in [2.45, 2.75) is 70.5 Å². The van der Waals surface area contributed by atoms with Gasteiger partial charge in [0.25, 0.3) is 0 Å². The summed E-state index contributed by atoms with van der Waals surface area (Å²) in [6, 6.07) is 5.60. The third-order valence-electron chi connectivity index (χ3n) is 7.68. The fourth-order valence-corrected chi connectivity index (χ4v) is 6.47. The fourth-order valence-electron chi connectivity index (χ4n) is 6.47. The van der Waals surface area contributed by atoms with Crippen molar-refractivity contribution in [3.63, 3.8) is 0 Å². The summed E-state index contributed by atoms with van der Waals surface area (Å²) in [4.78, 5) is 23.1. The first-order valence-corrected chi connectivity index (χ1v) is 10.4. The molecule has 5 heteroatoms. The molecule has 1 N–H and O–H groups in total. The molecule has 0 aromatic heterocycles. The van der Waals surface area contributed by atoms with E-state index < -0.39 is 11.7 Å². The normalized spacial score (nSPS) is 37.5. The monoisotopic (exact) mass is 396 g/mol. The van der Waals surface area contributed by atoms with Gasteiger partial charge in [-0.1, -0.05) is 18.9 Å². The standard InChI is InChI=1S/C24H28O5/c1-5-24(29-15(3)26)11-9-21-19-13-22(27)20-12-16(28-14(2)25)6-7-17(20)18(19)8-10-23(21,24)4/h1,6-7,12,18-19,21-22,27H,8-11,13H2,2-4H3/t18-,19-,21+,22+,23+,24+/m1/s1. The van der Waals surface area contributed by atoms with Crippen LogP contribution in [0.25, 0.3) is 0 Å². The van der Waals surface area contributed by atoms with Gasteiger partial charge in [-0.3, -0.25) is 9.59 Å². The van der Waals surface area contributed by atoms with E-state index in [2.05, 4.69) is 12.8 Å². The Bertz CT molecular complexity index is 899. The highest BCUT2D eigenvalue weighted by atomic mass is 16.6. The van der Waals surface area contributed by atoms with E-state index in [9.17, 15) is 14.7 Å². The Morgan fingerprint density at radius 2 is 1.93 bits per heavy atom. The highest BCUT2D eigenvalue weighted by Gasteiger charge is 2.64. The molecule has 5 nitrogen and oxygen atoms in total. The Kier molecular flexibility index (Phi) is 4.74. The smallest absolute Gasteiger partial charge is 0.308 e. The molecule has 2 saturated carbocycles. The summed E-state index contributed by atoms with van der Waals surface area (Å²) in [6.45, 7) is 4.95. The lowest BCUT2D eigenvalue weighted by atomic mass is 9.53. The molecular weight excluding hydrogens is 368 g/mol. The number of benzene rings is 1. The van der Waals surface area contributed by atoms with Crippen LogP contribution in [0, 0.1) is 29.6 Å². The van der Waals surface area contributed by atoms with Crippen molar-refractivity contribution in [2.75, 3.05) is 0 Å². The van der Waals surface area contributed by atoms with Crippen molar-refractivity contribution in [1.82, 2.24) is 0 Å². The van der Waals surface area contributed by atoms with Crippen LogP contribution >= 0.6 is 0 Å². The largest absolute Gasteiger partial charge is 0.445 e. The van der Waals surface area contributed by atoms with Crippen molar-refractivity contribution in [1.29, 1.82) is 0 Å². The average Bonchev–Trinajstić information content (AvgIpc) is 2.94. The van der Waals surface area contributed by atoms with Crippen molar-refractivity contribution in [2.24, 2.45) is 17.3 Å². The summed E-state index contributed by atoms with van der Waals surface area (Å²) in [7, 11) is 0. The van der Waals surface area contributed by atoms with Crippen LogP contribution in [0.2, 0.25) is 0 Å². The Balaban J connectivity index is 1.68. The summed E-state index contributed by atoms with van der Waals surface area (Å²) in [5.41, 5.74) is 0.842. The summed E-state index contributed by atoms with van der Waals surface area (Å²) in [6.07, 6.45) is 9.31. The lowest BCUT2D eigenvalue weighted by Gasteiger charge is -2.53. The van der Waals surface area contributed by atoms with Crippen LogP contribution in [0.1, 0.15) is 76.0 Å². The topological polar surface area (TPSA) is 72.8 Å². The van der Waals surface area contributed by atoms with Crippen LogP contribution in [-0.2, 0) is 14.3 Å². The maximum atomic E-state index is 11.8. The number of rotatable bonds is 2. The van der Waals surface area contributed by atoms with Crippen LogP contribution in [0.5, 0.6) is 5.75 Å². The molecule has 0 heterocycles. The van der Waals surface area contributed by atoms with Crippen LogP contribution < -0.4 is 4.74 Å². The van der Waals surface area contributed by atoms with Gasteiger partial charge in [-0.25, -0.2) is 0 Å². The van der Waals surface area contributed by atoms with E-state index in [0.717, 1.165) is 30.4 Å². The maximum absolute atomic E-state index is 11.8. The van der Waals surface area contributed by atoms with Gasteiger partial charge >= 0.3 is 11.9 Å². The third-order valence-corrected chi connectivity index (χ3v) is 7.68. The molecule has 2 fully saturated rings. The minimum absolute atomic E-state index is 0.279. The van der Waals surface area contributed by atoms with Crippen LogP contribution in [0.4, 0.5) is 0 Å². The predicted molar refractivity (Wildman–Crippen MR) is 107 cm³/mol. The van der Waals surface area contributed by atoms with Crippen molar-refractivity contribution >= 4 is 11.9 Å². The average molecular weight is 396 g/mol. The predicted octanol–water partition coefficient (Wildman–Crippen LogP) is 3.89.